The molecule has 0 amide bonds. The highest BCUT2D eigenvalue weighted by Gasteiger charge is 2.23. The number of hydrogen-bond acceptors (Lipinski definition) is 2. The SMILES string of the molecule is Cc1cc2c(cc1F)nc(CCl)n2C1CCN(C)CC1. The second kappa shape index (κ2) is 5.34. The molecule has 0 radical (unpaired) electrons. The van der Waals surface area contributed by atoms with Gasteiger partial charge in [-0.2, -0.15) is 0 Å². The lowest BCUT2D eigenvalue weighted by Crippen LogP contribution is -2.32. The van der Waals surface area contributed by atoms with E-state index in [-0.39, 0.29) is 5.82 Å². The van der Waals surface area contributed by atoms with E-state index in [1.165, 1.54) is 6.07 Å². The number of aromatic nitrogens is 2. The van der Waals surface area contributed by atoms with Crippen LogP contribution in [0.15, 0.2) is 12.1 Å². The van der Waals surface area contributed by atoms with E-state index in [9.17, 15) is 4.39 Å². The summed E-state index contributed by atoms with van der Waals surface area (Å²) in [6.45, 7) is 3.94. The maximum absolute atomic E-state index is 13.7. The Kier molecular flexibility index (Phi) is 3.69. The van der Waals surface area contributed by atoms with Gasteiger partial charge in [0.2, 0.25) is 0 Å². The summed E-state index contributed by atoms with van der Waals surface area (Å²) in [7, 11) is 2.14. The predicted octanol–water partition coefficient (Wildman–Crippen LogP) is 3.49. The zero-order valence-electron chi connectivity index (χ0n) is 11.9. The Bertz CT molecular complexity index is 630. The van der Waals surface area contributed by atoms with Crippen LogP contribution in [0.4, 0.5) is 4.39 Å². The molecule has 1 saturated heterocycles. The van der Waals surface area contributed by atoms with Gasteiger partial charge in [0.05, 0.1) is 16.9 Å². The van der Waals surface area contributed by atoms with Crippen molar-refractivity contribution < 1.29 is 4.39 Å². The van der Waals surface area contributed by atoms with E-state index in [4.69, 9.17) is 11.6 Å². The lowest BCUT2D eigenvalue weighted by Gasteiger charge is -2.31. The van der Waals surface area contributed by atoms with Gasteiger partial charge in [-0.15, -0.1) is 11.6 Å². The van der Waals surface area contributed by atoms with Crippen molar-refractivity contribution in [1.29, 1.82) is 0 Å². The molecule has 1 aromatic carbocycles. The number of fused-ring (bicyclic) bond motifs is 1. The molecule has 108 valence electrons. The lowest BCUT2D eigenvalue weighted by atomic mass is 10.0. The normalized spacial score (nSPS) is 18.0. The van der Waals surface area contributed by atoms with Gasteiger partial charge < -0.3 is 9.47 Å². The van der Waals surface area contributed by atoms with Crippen LogP contribution in [0.2, 0.25) is 0 Å². The molecule has 2 aromatic rings. The standard InChI is InChI=1S/C15H19ClFN3/c1-10-7-14-13(8-12(10)17)18-15(9-16)20(14)11-3-5-19(2)6-4-11/h7-8,11H,3-6,9H2,1-2H3. The number of alkyl halides is 1. The number of aryl methyl sites for hydroxylation is 1. The molecule has 20 heavy (non-hydrogen) atoms. The first-order valence-corrected chi connectivity index (χ1v) is 7.55. The number of benzene rings is 1. The minimum absolute atomic E-state index is 0.202. The molecular weight excluding hydrogens is 277 g/mol. The Morgan fingerprint density at radius 2 is 2.05 bits per heavy atom. The summed E-state index contributed by atoms with van der Waals surface area (Å²) in [6, 6.07) is 3.83. The lowest BCUT2D eigenvalue weighted by molar-refractivity contribution is 0.222. The number of halogens is 2. The largest absolute Gasteiger partial charge is 0.324 e. The summed E-state index contributed by atoms with van der Waals surface area (Å²) in [5.41, 5.74) is 2.38. The van der Waals surface area contributed by atoms with Crippen LogP contribution in [0.5, 0.6) is 0 Å². The number of imidazole rings is 1. The zero-order chi connectivity index (χ0) is 14.3. The molecule has 0 saturated carbocycles. The number of likely N-dealkylation sites (tertiary alicyclic amines) is 1. The van der Waals surface area contributed by atoms with Crippen LogP contribution in [0, 0.1) is 12.7 Å². The first kappa shape index (κ1) is 13.8. The summed E-state index contributed by atoms with van der Waals surface area (Å²) in [5.74, 6) is 1.01. The molecule has 1 fully saturated rings. The van der Waals surface area contributed by atoms with Gasteiger partial charge in [-0.25, -0.2) is 9.37 Å². The topological polar surface area (TPSA) is 21.1 Å². The smallest absolute Gasteiger partial charge is 0.128 e. The maximum atomic E-state index is 13.7. The Hall–Kier alpha value is -1.13. The highest BCUT2D eigenvalue weighted by atomic mass is 35.5. The van der Waals surface area contributed by atoms with Crippen molar-refractivity contribution in [2.75, 3.05) is 20.1 Å². The first-order chi connectivity index (χ1) is 9.60. The van der Waals surface area contributed by atoms with E-state index in [1.807, 2.05) is 6.07 Å². The van der Waals surface area contributed by atoms with Crippen molar-refractivity contribution in [3.8, 4) is 0 Å². The van der Waals surface area contributed by atoms with Gasteiger partial charge in [0, 0.05) is 12.1 Å². The molecule has 3 rings (SSSR count). The quantitative estimate of drug-likeness (QED) is 0.791. The fourth-order valence-electron chi connectivity index (χ4n) is 3.03. The van der Waals surface area contributed by atoms with Gasteiger partial charge in [-0.1, -0.05) is 0 Å². The van der Waals surface area contributed by atoms with E-state index < -0.39 is 0 Å². The van der Waals surface area contributed by atoms with Crippen molar-refractivity contribution >= 4 is 22.6 Å². The van der Waals surface area contributed by atoms with Crippen LogP contribution in [-0.4, -0.2) is 34.6 Å². The average molecular weight is 296 g/mol. The summed E-state index contributed by atoms with van der Waals surface area (Å²) < 4.78 is 15.9. The predicted molar refractivity (Wildman–Crippen MR) is 79.8 cm³/mol. The fraction of sp³-hybridized carbons (Fsp3) is 0.533. The maximum Gasteiger partial charge on any atom is 0.128 e. The van der Waals surface area contributed by atoms with E-state index in [2.05, 4.69) is 21.5 Å². The summed E-state index contributed by atoms with van der Waals surface area (Å²) in [5, 5.41) is 0. The molecular formula is C15H19ClFN3. The molecule has 1 aromatic heterocycles. The van der Waals surface area contributed by atoms with Gasteiger partial charge in [-0.3, -0.25) is 0 Å². The van der Waals surface area contributed by atoms with Gasteiger partial charge in [0.15, 0.2) is 0 Å². The van der Waals surface area contributed by atoms with Gasteiger partial charge in [0.1, 0.15) is 11.6 Å². The van der Waals surface area contributed by atoms with Crippen molar-refractivity contribution in [2.45, 2.75) is 31.7 Å². The molecule has 0 spiro atoms. The summed E-state index contributed by atoms with van der Waals surface area (Å²) in [6.07, 6.45) is 2.17. The van der Waals surface area contributed by atoms with Crippen LogP contribution in [-0.2, 0) is 5.88 Å². The first-order valence-electron chi connectivity index (χ1n) is 7.01. The molecule has 0 bridgehead atoms. The zero-order valence-corrected chi connectivity index (χ0v) is 12.6. The number of nitrogens with zero attached hydrogens (tertiary/aromatic N) is 3. The van der Waals surface area contributed by atoms with Gasteiger partial charge >= 0.3 is 0 Å². The molecule has 0 N–H and O–H groups in total. The minimum atomic E-state index is -0.202. The van der Waals surface area contributed by atoms with Crippen molar-refractivity contribution in [2.24, 2.45) is 0 Å². The van der Waals surface area contributed by atoms with E-state index in [0.29, 0.717) is 23.0 Å². The van der Waals surface area contributed by atoms with E-state index in [1.54, 1.807) is 6.92 Å². The van der Waals surface area contributed by atoms with Gasteiger partial charge in [0.25, 0.3) is 0 Å². The minimum Gasteiger partial charge on any atom is -0.324 e. The van der Waals surface area contributed by atoms with Crippen molar-refractivity contribution in [1.82, 2.24) is 14.5 Å². The molecule has 0 atom stereocenters. The molecule has 3 nitrogen and oxygen atoms in total. The Labute approximate surface area is 123 Å². The third-order valence-corrected chi connectivity index (χ3v) is 4.45. The molecule has 0 aliphatic carbocycles. The van der Waals surface area contributed by atoms with Gasteiger partial charge in [-0.05, 0) is 51.5 Å². The molecule has 5 heteroatoms. The molecule has 0 unspecified atom stereocenters. The van der Waals surface area contributed by atoms with Crippen LogP contribution in [0.3, 0.4) is 0 Å². The van der Waals surface area contributed by atoms with Crippen LogP contribution < -0.4 is 0 Å². The fourth-order valence-corrected chi connectivity index (χ4v) is 3.21. The van der Waals surface area contributed by atoms with Crippen LogP contribution >= 0.6 is 11.6 Å². The molecule has 1 aliphatic heterocycles. The number of rotatable bonds is 2. The summed E-state index contributed by atoms with van der Waals surface area (Å²) >= 11 is 6.04. The molecule has 2 heterocycles. The third kappa shape index (κ3) is 2.31. The average Bonchev–Trinajstić information content (AvgIpc) is 2.78. The van der Waals surface area contributed by atoms with E-state index >= 15 is 0 Å². The molecule has 1 aliphatic rings. The summed E-state index contributed by atoms with van der Waals surface area (Å²) in [4.78, 5) is 6.84. The van der Waals surface area contributed by atoms with Crippen LogP contribution in [0.1, 0.15) is 30.3 Å². The Morgan fingerprint density at radius 3 is 2.70 bits per heavy atom. The van der Waals surface area contributed by atoms with Crippen LogP contribution in [0.25, 0.3) is 11.0 Å². The monoisotopic (exact) mass is 295 g/mol. The highest BCUT2D eigenvalue weighted by molar-refractivity contribution is 6.16. The number of piperidine rings is 1. The third-order valence-electron chi connectivity index (χ3n) is 4.22. The highest BCUT2D eigenvalue weighted by Crippen LogP contribution is 2.30. The van der Waals surface area contributed by atoms with Crippen molar-refractivity contribution in [3.63, 3.8) is 0 Å². The number of hydrogen-bond donors (Lipinski definition) is 0. The second-order valence-corrected chi connectivity index (χ2v) is 5.92. The Balaban J connectivity index is 2.10. The van der Waals surface area contributed by atoms with E-state index in [0.717, 1.165) is 37.3 Å². The van der Waals surface area contributed by atoms with Crippen molar-refractivity contribution in [3.05, 3.63) is 29.3 Å². The second-order valence-electron chi connectivity index (χ2n) is 5.66. The Morgan fingerprint density at radius 1 is 1.35 bits per heavy atom.